The maximum absolute atomic E-state index is 3.50. The maximum atomic E-state index is 3.50. The highest BCUT2D eigenvalue weighted by atomic mass is 15.2. The van der Waals surface area contributed by atoms with Crippen molar-refractivity contribution in [1.82, 2.24) is 14.8 Å². The molecule has 1 aromatic heterocycles. The number of hydrogen-bond donors (Lipinski definition) is 1. The smallest absolute Gasteiger partial charge is 0.0456 e. The van der Waals surface area contributed by atoms with Crippen molar-refractivity contribution in [2.45, 2.75) is 56.9 Å². The molecule has 0 bridgehead atoms. The normalized spacial score (nSPS) is 28.0. The molecule has 0 aliphatic carbocycles. The van der Waals surface area contributed by atoms with Crippen molar-refractivity contribution >= 4 is 10.9 Å². The van der Waals surface area contributed by atoms with Crippen molar-refractivity contribution in [3.63, 3.8) is 0 Å². The van der Waals surface area contributed by atoms with E-state index < -0.39 is 0 Å². The molecule has 1 N–H and O–H groups in total. The predicted octanol–water partition coefficient (Wildman–Crippen LogP) is 4.15. The molecule has 3 saturated heterocycles. The first kappa shape index (κ1) is 15.9. The Balaban J connectivity index is 1.34. The summed E-state index contributed by atoms with van der Waals surface area (Å²) >= 11 is 0. The van der Waals surface area contributed by atoms with Crippen LogP contribution in [0.25, 0.3) is 10.9 Å². The summed E-state index contributed by atoms with van der Waals surface area (Å²) in [7, 11) is 0. The molecule has 0 radical (unpaired) electrons. The molecular formula is C22H31N3. The van der Waals surface area contributed by atoms with Crippen molar-refractivity contribution in [3.05, 3.63) is 35.5 Å². The summed E-state index contributed by atoms with van der Waals surface area (Å²) in [5, 5.41) is 1.48. The number of nitrogens with zero attached hydrogens (tertiary/aromatic N) is 2. The van der Waals surface area contributed by atoms with Gasteiger partial charge in [0.2, 0.25) is 0 Å². The Morgan fingerprint density at radius 1 is 1.00 bits per heavy atom. The van der Waals surface area contributed by atoms with E-state index in [1.807, 2.05) is 0 Å². The lowest BCUT2D eigenvalue weighted by molar-refractivity contribution is 0.181. The molecule has 25 heavy (non-hydrogen) atoms. The second-order valence-electron chi connectivity index (χ2n) is 8.47. The minimum atomic E-state index is 0.769. The summed E-state index contributed by atoms with van der Waals surface area (Å²) in [4.78, 5) is 8.86. The van der Waals surface area contributed by atoms with Gasteiger partial charge in [-0.15, -0.1) is 0 Å². The molecule has 3 aliphatic heterocycles. The number of nitrogens with one attached hydrogen (secondary N) is 1. The second-order valence-corrected chi connectivity index (χ2v) is 8.47. The SMILES string of the molecule is c1cc2[nH]cc(CCN3CCCC3)c2cc1[C@@H]1CCN2CCC[C@H]2C1. The lowest BCUT2D eigenvalue weighted by Crippen LogP contribution is -2.37. The predicted molar refractivity (Wildman–Crippen MR) is 104 cm³/mol. The van der Waals surface area contributed by atoms with Gasteiger partial charge in [0.25, 0.3) is 0 Å². The number of rotatable bonds is 4. The molecule has 1 aromatic carbocycles. The van der Waals surface area contributed by atoms with Crippen LogP contribution in [0, 0.1) is 0 Å². The second kappa shape index (κ2) is 6.77. The third-order valence-corrected chi connectivity index (χ3v) is 6.98. The van der Waals surface area contributed by atoms with Gasteiger partial charge >= 0.3 is 0 Å². The fourth-order valence-electron chi connectivity index (χ4n) is 5.47. The number of likely N-dealkylation sites (tertiary alicyclic amines) is 1. The minimum Gasteiger partial charge on any atom is -0.361 e. The molecule has 3 nitrogen and oxygen atoms in total. The molecule has 3 aliphatic rings. The van der Waals surface area contributed by atoms with Crippen LogP contribution in [-0.4, -0.2) is 53.5 Å². The lowest BCUT2D eigenvalue weighted by atomic mass is 9.85. The van der Waals surface area contributed by atoms with E-state index in [1.165, 1.54) is 94.1 Å². The van der Waals surface area contributed by atoms with Crippen molar-refractivity contribution in [2.75, 3.05) is 32.7 Å². The van der Waals surface area contributed by atoms with Crippen LogP contribution in [0.1, 0.15) is 55.6 Å². The standard InChI is InChI=1S/C22H31N3/c1-2-10-24(9-1)12-7-19-16-23-22-6-5-17(15-21(19)22)18-8-13-25-11-3-4-20(25)14-18/h5-6,15-16,18,20,23H,1-4,7-14H2/t18-,20+/m1/s1. The number of benzene rings is 1. The Hall–Kier alpha value is -1.32. The summed E-state index contributed by atoms with van der Waals surface area (Å²) in [6, 6.07) is 8.08. The number of aromatic nitrogens is 1. The summed E-state index contributed by atoms with van der Waals surface area (Å²) in [6.45, 7) is 6.47. The molecule has 0 saturated carbocycles. The third kappa shape index (κ3) is 3.13. The van der Waals surface area contributed by atoms with Gasteiger partial charge in [0.1, 0.15) is 0 Å². The molecule has 3 fully saturated rings. The average molecular weight is 338 g/mol. The summed E-state index contributed by atoms with van der Waals surface area (Å²) < 4.78 is 0. The van der Waals surface area contributed by atoms with Crippen LogP contribution < -0.4 is 0 Å². The number of piperidine rings is 1. The molecule has 5 rings (SSSR count). The van der Waals surface area contributed by atoms with Gasteiger partial charge in [-0.25, -0.2) is 0 Å². The van der Waals surface area contributed by atoms with E-state index in [4.69, 9.17) is 0 Å². The largest absolute Gasteiger partial charge is 0.361 e. The average Bonchev–Trinajstić information content (AvgIpc) is 3.39. The van der Waals surface area contributed by atoms with Crippen LogP contribution in [-0.2, 0) is 6.42 Å². The molecule has 2 atom stereocenters. The van der Waals surface area contributed by atoms with Crippen LogP contribution in [0.3, 0.4) is 0 Å². The molecule has 0 amide bonds. The van der Waals surface area contributed by atoms with Gasteiger partial charge in [-0.3, -0.25) is 0 Å². The van der Waals surface area contributed by atoms with Crippen molar-refractivity contribution < 1.29 is 0 Å². The van der Waals surface area contributed by atoms with E-state index in [9.17, 15) is 0 Å². The van der Waals surface area contributed by atoms with Gasteiger partial charge in [-0.05, 0) is 100 Å². The summed E-state index contributed by atoms with van der Waals surface area (Å²) in [5.74, 6) is 0.769. The van der Waals surface area contributed by atoms with Gasteiger partial charge in [0.15, 0.2) is 0 Å². The van der Waals surface area contributed by atoms with Crippen molar-refractivity contribution in [3.8, 4) is 0 Å². The van der Waals surface area contributed by atoms with Crippen molar-refractivity contribution in [1.29, 1.82) is 0 Å². The monoisotopic (exact) mass is 337 g/mol. The Morgan fingerprint density at radius 3 is 2.84 bits per heavy atom. The van der Waals surface area contributed by atoms with E-state index >= 15 is 0 Å². The number of aromatic amines is 1. The first-order valence-corrected chi connectivity index (χ1v) is 10.4. The van der Waals surface area contributed by atoms with Crippen LogP contribution in [0.15, 0.2) is 24.4 Å². The van der Waals surface area contributed by atoms with Gasteiger partial charge in [0, 0.05) is 29.7 Å². The summed E-state index contributed by atoms with van der Waals surface area (Å²) in [6.07, 6.45) is 11.8. The number of hydrogen-bond acceptors (Lipinski definition) is 2. The number of H-pyrrole nitrogens is 1. The van der Waals surface area contributed by atoms with Gasteiger partial charge in [0.05, 0.1) is 0 Å². The zero-order valence-corrected chi connectivity index (χ0v) is 15.3. The minimum absolute atomic E-state index is 0.769. The van der Waals surface area contributed by atoms with E-state index in [1.54, 1.807) is 5.56 Å². The quantitative estimate of drug-likeness (QED) is 0.905. The molecule has 3 heteroatoms. The highest BCUT2D eigenvalue weighted by Gasteiger charge is 2.32. The fraction of sp³-hybridized carbons (Fsp3) is 0.636. The van der Waals surface area contributed by atoms with Crippen LogP contribution in [0.4, 0.5) is 0 Å². The van der Waals surface area contributed by atoms with E-state index in [0.717, 1.165) is 12.0 Å². The Bertz CT molecular complexity index is 728. The molecule has 134 valence electrons. The molecular weight excluding hydrogens is 306 g/mol. The third-order valence-electron chi connectivity index (χ3n) is 6.98. The Morgan fingerprint density at radius 2 is 1.92 bits per heavy atom. The van der Waals surface area contributed by atoms with Crippen LogP contribution >= 0.6 is 0 Å². The number of fused-ring (bicyclic) bond motifs is 2. The maximum Gasteiger partial charge on any atom is 0.0456 e. The van der Waals surface area contributed by atoms with E-state index in [-0.39, 0.29) is 0 Å². The molecule has 2 aromatic rings. The molecule has 4 heterocycles. The first-order chi connectivity index (χ1) is 12.4. The van der Waals surface area contributed by atoms with Gasteiger partial charge < -0.3 is 14.8 Å². The Kier molecular flexibility index (Phi) is 4.31. The van der Waals surface area contributed by atoms with Gasteiger partial charge in [-0.1, -0.05) is 6.07 Å². The first-order valence-electron chi connectivity index (χ1n) is 10.4. The van der Waals surface area contributed by atoms with Crippen LogP contribution in [0.5, 0.6) is 0 Å². The highest BCUT2D eigenvalue weighted by Crippen LogP contribution is 2.37. The van der Waals surface area contributed by atoms with E-state index in [2.05, 4.69) is 39.2 Å². The topological polar surface area (TPSA) is 22.3 Å². The zero-order valence-electron chi connectivity index (χ0n) is 15.3. The lowest BCUT2D eigenvalue weighted by Gasteiger charge is -2.35. The highest BCUT2D eigenvalue weighted by molar-refractivity contribution is 5.84. The van der Waals surface area contributed by atoms with Gasteiger partial charge in [-0.2, -0.15) is 0 Å². The molecule has 0 spiro atoms. The van der Waals surface area contributed by atoms with E-state index in [0.29, 0.717) is 0 Å². The zero-order chi connectivity index (χ0) is 16.6. The fourth-order valence-corrected chi connectivity index (χ4v) is 5.47. The molecule has 0 unspecified atom stereocenters. The van der Waals surface area contributed by atoms with Crippen LogP contribution in [0.2, 0.25) is 0 Å². The van der Waals surface area contributed by atoms with Crippen molar-refractivity contribution in [2.24, 2.45) is 0 Å². The Labute approximate surface area is 151 Å². The summed E-state index contributed by atoms with van der Waals surface area (Å²) in [5.41, 5.74) is 4.42.